The number of rotatable bonds is 1. The van der Waals surface area contributed by atoms with E-state index in [2.05, 4.69) is 12.2 Å². The molecular formula is C24H24FN3O3. The average molecular weight is 421 g/mol. The van der Waals surface area contributed by atoms with E-state index in [0.717, 1.165) is 11.3 Å². The molecule has 0 aliphatic carbocycles. The van der Waals surface area contributed by atoms with Crippen LogP contribution in [-0.2, 0) is 16.0 Å². The summed E-state index contributed by atoms with van der Waals surface area (Å²) >= 11 is 0. The van der Waals surface area contributed by atoms with E-state index in [0.29, 0.717) is 23.5 Å². The van der Waals surface area contributed by atoms with Crippen LogP contribution in [0.4, 0.5) is 20.6 Å². The second-order valence-corrected chi connectivity index (χ2v) is 9.05. The second-order valence-electron chi connectivity index (χ2n) is 9.05. The smallest absolute Gasteiger partial charge is 0.335 e. The fourth-order valence-corrected chi connectivity index (χ4v) is 5.89. The summed E-state index contributed by atoms with van der Waals surface area (Å²) in [6.07, 6.45) is 0.869. The number of halogens is 1. The number of fused-ring (bicyclic) bond motifs is 4. The van der Waals surface area contributed by atoms with Gasteiger partial charge in [0.2, 0.25) is 5.91 Å². The zero-order valence-corrected chi connectivity index (χ0v) is 17.5. The van der Waals surface area contributed by atoms with Crippen LogP contribution in [0.5, 0.6) is 0 Å². The molecule has 160 valence electrons. The predicted octanol–water partition coefficient (Wildman–Crippen LogP) is 3.50. The van der Waals surface area contributed by atoms with Crippen LogP contribution in [0.25, 0.3) is 0 Å². The lowest BCUT2D eigenvalue weighted by molar-refractivity contribution is -0.146. The van der Waals surface area contributed by atoms with Crippen LogP contribution < -0.4 is 15.1 Å². The van der Waals surface area contributed by atoms with Gasteiger partial charge in [-0.15, -0.1) is 0 Å². The van der Waals surface area contributed by atoms with Gasteiger partial charge in [-0.2, -0.15) is 0 Å². The number of imide groups is 2. The molecule has 0 unspecified atom stereocenters. The minimum atomic E-state index is -1.51. The van der Waals surface area contributed by atoms with Gasteiger partial charge in [0.25, 0.3) is 5.91 Å². The minimum absolute atomic E-state index is 0.0444. The molecule has 0 saturated carbocycles. The Morgan fingerprint density at radius 2 is 1.77 bits per heavy atom. The molecule has 3 aliphatic rings. The molecule has 2 aromatic rings. The van der Waals surface area contributed by atoms with Gasteiger partial charge in [-0.25, -0.2) is 14.1 Å². The maximum absolute atomic E-state index is 15.0. The zero-order valence-electron chi connectivity index (χ0n) is 17.5. The van der Waals surface area contributed by atoms with Crippen molar-refractivity contribution in [3.8, 4) is 0 Å². The number of para-hydroxylation sites is 2. The Morgan fingerprint density at radius 3 is 2.52 bits per heavy atom. The molecule has 2 fully saturated rings. The van der Waals surface area contributed by atoms with Gasteiger partial charge in [0.1, 0.15) is 5.82 Å². The summed E-state index contributed by atoms with van der Waals surface area (Å²) in [7, 11) is 0. The molecule has 1 N–H and O–H groups in total. The van der Waals surface area contributed by atoms with Crippen molar-refractivity contribution < 1.29 is 18.8 Å². The van der Waals surface area contributed by atoms with Crippen molar-refractivity contribution in [3.63, 3.8) is 0 Å². The van der Waals surface area contributed by atoms with E-state index < -0.39 is 29.3 Å². The van der Waals surface area contributed by atoms with Crippen molar-refractivity contribution in [1.29, 1.82) is 0 Å². The van der Waals surface area contributed by atoms with Crippen molar-refractivity contribution in [3.05, 3.63) is 59.9 Å². The van der Waals surface area contributed by atoms with Crippen LogP contribution in [0.3, 0.4) is 0 Å². The summed E-state index contributed by atoms with van der Waals surface area (Å²) in [6.45, 7) is 4.65. The van der Waals surface area contributed by atoms with E-state index in [1.165, 1.54) is 6.07 Å². The normalized spacial score (nSPS) is 30.2. The van der Waals surface area contributed by atoms with Crippen molar-refractivity contribution in [2.75, 3.05) is 16.3 Å². The third-order valence-electron chi connectivity index (χ3n) is 6.92. The quantitative estimate of drug-likeness (QED) is 0.716. The summed E-state index contributed by atoms with van der Waals surface area (Å²) in [5.41, 5.74) is -0.0154. The number of hydrogen-bond donors (Lipinski definition) is 1. The maximum atomic E-state index is 15.0. The van der Waals surface area contributed by atoms with Gasteiger partial charge in [0, 0.05) is 6.54 Å². The SMILES string of the molecule is C[C@@H]1C[C@H](C)[C@@H]2N(C1)c1c(F)cccc1C[C@@]21C(=O)NC(=O)N(c2ccccc2)C1=O. The molecule has 5 rings (SSSR count). The standard InChI is InChI=1S/C24H24FN3O3/c1-14-11-15(2)20-24(12-16-7-6-10-18(25)19(16)27(20)13-14)21(29)26-23(31)28(22(24)30)17-8-4-3-5-9-17/h3-10,14-15,20H,11-13H2,1-2H3,(H,26,29,31)/t14-,15+,20+,24+/m1/s1. The predicted molar refractivity (Wildman–Crippen MR) is 114 cm³/mol. The van der Waals surface area contributed by atoms with Crippen molar-refractivity contribution >= 4 is 29.2 Å². The Labute approximate surface area is 180 Å². The molecule has 31 heavy (non-hydrogen) atoms. The highest BCUT2D eigenvalue weighted by Crippen LogP contribution is 2.51. The maximum Gasteiger partial charge on any atom is 0.335 e. The Bertz CT molecular complexity index is 1090. The number of hydrogen-bond acceptors (Lipinski definition) is 4. The van der Waals surface area contributed by atoms with Gasteiger partial charge < -0.3 is 4.90 Å². The summed E-state index contributed by atoms with van der Waals surface area (Å²) in [5.74, 6) is -1.25. The van der Waals surface area contributed by atoms with Crippen LogP contribution in [0.2, 0.25) is 0 Å². The lowest BCUT2D eigenvalue weighted by atomic mass is 9.62. The third-order valence-corrected chi connectivity index (χ3v) is 6.92. The lowest BCUT2D eigenvalue weighted by Crippen LogP contribution is -2.74. The molecule has 0 aromatic heterocycles. The van der Waals surface area contributed by atoms with Crippen molar-refractivity contribution in [2.24, 2.45) is 17.3 Å². The Balaban J connectivity index is 1.72. The number of urea groups is 1. The molecule has 2 saturated heterocycles. The Hall–Kier alpha value is -3.22. The van der Waals surface area contributed by atoms with Crippen LogP contribution in [-0.4, -0.2) is 30.4 Å². The number of piperidine rings is 1. The number of amides is 4. The van der Waals surface area contributed by atoms with Gasteiger partial charge >= 0.3 is 6.03 Å². The van der Waals surface area contributed by atoms with Gasteiger partial charge in [-0.05, 0) is 48.4 Å². The average Bonchev–Trinajstić information content (AvgIpc) is 2.72. The van der Waals surface area contributed by atoms with E-state index in [-0.39, 0.29) is 24.1 Å². The van der Waals surface area contributed by atoms with E-state index in [9.17, 15) is 18.8 Å². The number of nitrogens with zero attached hydrogens (tertiary/aromatic N) is 2. The Morgan fingerprint density at radius 1 is 1.03 bits per heavy atom. The van der Waals surface area contributed by atoms with Gasteiger partial charge in [0.05, 0.1) is 17.4 Å². The summed E-state index contributed by atoms with van der Waals surface area (Å²) in [4.78, 5) is 43.2. The van der Waals surface area contributed by atoms with Gasteiger partial charge in [0.15, 0.2) is 5.41 Å². The fourth-order valence-electron chi connectivity index (χ4n) is 5.89. The molecule has 1 spiro atoms. The first-order valence-electron chi connectivity index (χ1n) is 10.6. The van der Waals surface area contributed by atoms with Crippen molar-refractivity contribution in [2.45, 2.75) is 32.7 Å². The van der Waals surface area contributed by atoms with E-state index >= 15 is 0 Å². The number of nitrogens with one attached hydrogen (secondary N) is 1. The lowest BCUT2D eigenvalue weighted by Gasteiger charge is -2.56. The second kappa shape index (κ2) is 6.90. The highest BCUT2D eigenvalue weighted by Gasteiger charge is 2.64. The summed E-state index contributed by atoms with van der Waals surface area (Å²) in [6, 6.07) is 12.1. The highest BCUT2D eigenvalue weighted by molar-refractivity contribution is 6.30. The molecule has 3 aliphatic heterocycles. The monoisotopic (exact) mass is 421 g/mol. The Kier molecular flexibility index (Phi) is 4.39. The van der Waals surface area contributed by atoms with E-state index in [4.69, 9.17) is 0 Å². The van der Waals surface area contributed by atoms with Crippen LogP contribution >= 0.6 is 0 Å². The first-order chi connectivity index (χ1) is 14.8. The van der Waals surface area contributed by atoms with Gasteiger partial charge in [-0.3, -0.25) is 14.9 Å². The van der Waals surface area contributed by atoms with E-state index in [1.54, 1.807) is 42.5 Å². The highest BCUT2D eigenvalue weighted by atomic mass is 19.1. The summed E-state index contributed by atoms with van der Waals surface area (Å²) < 4.78 is 15.0. The first kappa shape index (κ1) is 19.7. The van der Waals surface area contributed by atoms with Crippen LogP contribution in [0.15, 0.2) is 48.5 Å². The molecule has 6 nitrogen and oxygen atoms in total. The largest absolute Gasteiger partial charge is 0.364 e. The molecule has 0 bridgehead atoms. The number of anilines is 2. The molecule has 2 aromatic carbocycles. The van der Waals surface area contributed by atoms with Crippen LogP contribution in [0.1, 0.15) is 25.8 Å². The van der Waals surface area contributed by atoms with Gasteiger partial charge in [-0.1, -0.05) is 44.2 Å². The topological polar surface area (TPSA) is 69.7 Å². The molecular weight excluding hydrogens is 397 g/mol. The summed E-state index contributed by atoms with van der Waals surface area (Å²) in [5, 5.41) is 2.44. The molecule has 0 radical (unpaired) electrons. The van der Waals surface area contributed by atoms with Crippen LogP contribution in [0, 0.1) is 23.1 Å². The number of carbonyl (C=O) groups is 3. The fraction of sp³-hybridized carbons (Fsp3) is 0.375. The van der Waals surface area contributed by atoms with E-state index in [1.807, 2.05) is 11.8 Å². The minimum Gasteiger partial charge on any atom is -0.364 e. The number of barbiturate groups is 1. The number of benzene rings is 2. The molecule has 7 heteroatoms. The number of carbonyl (C=O) groups excluding carboxylic acids is 3. The van der Waals surface area contributed by atoms with Crippen molar-refractivity contribution in [1.82, 2.24) is 5.32 Å². The zero-order chi connectivity index (χ0) is 21.9. The first-order valence-corrected chi connectivity index (χ1v) is 10.6. The molecule has 4 amide bonds. The molecule has 3 heterocycles. The molecule has 4 atom stereocenters. The third kappa shape index (κ3) is 2.72.